The summed E-state index contributed by atoms with van der Waals surface area (Å²) in [7, 11) is -4.22. The maximum atomic E-state index is 16.2. The van der Waals surface area contributed by atoms with Crippen LogP contribution in [0.15, 0.2) is 52.2 Å². The predicted molar refractivity (Wildman–Crippen MR) is 143 cm³/mol. The van der Waals surface area contributed by atoms with Crippen molar-refractivity contribution in [3.63, 3.8) is 0 Å². The lowest BCUT2D eigenvalue weighted by Crippen LogP contribution is -2.46. The lowest BCUT2D eigenvalue weighted by Gasteiger charge is -2.29. The first-order valence-electron chi connectivity index (χ1n) is 13.3. The van der Waals surface area contributed by atoms with Gasteiger partial charge in [-0.3, -0.25) is 23.7 Å². The minimum Gasteiger partial charge on any atom is -0.456 e. The van der Waals surface area contributed by atoms with Crippen LogP contribution in [-0.4, -0.2) is 65.0 Å². The highest BCUT2D eigenvalue weighted by molar-refractivity contribution is 7.52. The number of H-pyrrole nitrogens is 1. The summed E-state index contributed by atoms with van der Waals surface area (Å²) in [5.41, 5.74) is -4.06. The highest BCUT2D eigenvalue weighted by atomic mass is 31.2. The molecule has 4 rings (SSSR count). The van der Waals surface area contributed by atoms with Crippen molar-refractivity contribution in [3.8, 4) is 5.75 Å². The van der Waals surface area contributed by atoms with E-state index in [9.17, 15) is 18.9 Å². The molecule has 15 heteroatoms. The summed E-state index contributed by atoms with van der Waals surface area (Å²) < 4.78 is 65.3. The van der Waals surface area contributed by atoms with Crippen molar-refractivity contribution in [2.45, 2.75) is 83.1 Å². The van der Waals surface area contributed by atoms with Gasteiger partial charge in [-0.2, -0.15) is 0 Å². The quantitative estimate of drug-likeness (QED) is 0.273. The van der Waals surface area contributed by atoms with Gasteiger partial charge in [0.1, 0.15) is 11.9 Å². The first kappa shape index (κ1) is 31.1. The van der Waals surface area contributed by atoms with Gasteiger partial charge in [0.2, 0.25) is 0 Å². The van der Waals surface area contributed by atoms with Crippen LogP contribution >= 0.6 is 7.75 Å². The molecule has 3 unspecified atom stereocenters. The average Bonchev–Trinajstić information content (AvgIpc) is 3.51. The molecule has 41 heavy (non-hydrogen) atoms. The molecule has 8 atom stereocenters. The van der Waals surface area contributed by atoms with E-state index in [0.29, 0.717) is 6.61 Å². The monoisotopic (exact) mass is 599 g/mol. The maximum absolute atomic E-state index is 16.2. The number of alkyl halides is 1. The van der Waals surface area contributed by atoms with Gasteiger partial charge in [0, 0.05) is 18.7 Å². The molecule has 0 spiro atoms. The summed E-state index contributed by atoms with van der Waals surface area (Å²) in [5.74, 6) is -0.497. The summed E-state index contributed by atoms with van der Waals surface area (Å²) in [6.45, 7) is 6.08. The molecule has 0 amide bonds. The molecule has 2 aliphatic rings. The molecule has 2 aliphatic heterocycles. The molecule has 2 aromatic rings. The van der Waals surface area contributed by atoms with Gasteiger partial charge in [0.25, 0.3) is 5.56 Å². The fraction of sp³-hybridized carbons (Fsp3) is 0.577. The number of carbonyl (C=O) groups excluding carboxylic acids is 1. The van der Waals surface area contributed by atoms with Gasteiger partial charge in [0.05, 0.1) is 25.4 Å². The van der Waals surface area contributed by atoms with Gasteiger partial charge >= 0.3 is 19.4 Å². The Morgan fingerprint density at radius 3 is 2.61 bits per heavy atom. The van der Waals surface area contributed by atoms with E-state index in [2.05, 4.69) is 5.09 Å². The van der Waals surface area contributed by atoms with Crippen LogP contribution in [0.25, 0.3) is 0 Å². The van der Waals surface area contributed by atoms with Crippen molar-refractivity contribution in [2.75, 3.05) is 13.2 Å². The number of ether oxygens (including phenoxy) is 4. The van der Waals surface area contributed by atoms with E-state index in [-0.39, 0.29) is 18.3 Å². The Morgan fingerprint density at radius 2 is 1.98 bits per heavy atom. The molecule has 1 aromatic carbocycles. The van der Waals surface area contributed by atoms with Crippen molar-refractivity contribution in [3.05, 3.63) is 63.4 Å². The third kappa shape index (κ3) is 7.32. The first-order valence-corrected chi connectivity index (χ1v) is 14.9. The Morgan fingerprint density at radius 1 is 1.24 bits per heavy atom. The summed E-state index contributed by atoms with van der Waals surface area (Å²) in [4.78, 5) is 38.3. The number of benzene rings is 1. The van der Waals surface area contributed by atoms with Crippen LogP contribution < -0.4 is 20.9 Å². The zero-order chi connectivity index (χ0) is 29.8. The van der Waals surface area contributed by atoms with E-state index < -0.39 is 68.0 Å². The van der Waals surface area contributed by atoms with E-state index in [0.717, 1.165) is 30.2 Å². The second-order valence-corrected chi connectivity index (χ2v) is 11.6. The van der Waals surface area contributed by atoms with Crippen LogP contribution in [0.5, 0.6) is 5.75 Å². The normalized spacial score (nSPS) is 30.0. The van der Waals surface area contributed by atoms with E-state index >= 15 is 4.39 Å². The fourth-order valence-corrected chi connectivity index (χ4v) is 6.05. The van der Waals surface area contributed by atoms with Crippen molar-refractivity contribution >= 4 is 13.7 Å². The SMILES string of the molecule is CCC(=O)O[C@@H]1[C@@H](COP(=O)(N[C@@H](C)C2OCC(CC)O2)Oc2ccccc2)O[C@@H](n2ccc(=O)[nH]c2=O)[C@]1(C)F. The Hall–Kier alpha value is -2.87. The predicted octanol–water partition coefficient (Wildman–Crippen LogP) is 2.82. The van der Waals surface area contributed by atoms with Crippen molar-refractivity contribution in [1.82, 2.24) is 14.6 Å². The van der Waals surface area contributed by atoms with Crippen LogP contribution in [-0.2, 0) is 32.8 Å². The number of aromatic amines is 1. The summed E-state index contributed by atoms with van der Waals surface area (Å²) in [6.07, 6.45) is -3.59. The minimum atomic E-state index is -4.22. The van der Waals surface area contributed by atoms with Gasteiger partial charge in [-0.25, -0.2) is 18.8 Å². The average molecular weight is 600 g/mol. The topological polar surface area (TPSA) is 156 Å². The van der Waals surface area contributed by atoms with Gasteiger partial charge in [-0.15, -0.1) is 0 Å². The third-order valence-electron chi connectivity index (χ3n) is 6.71. The molecule has 0 saturated carbocycles. The number of carbonyl (C=O) groups is 1. The van der Waals surface area contributed by atoms with Gasteiger partial charge < -0.3 is 23.5 Å². The Balaban J connectivity index is 1.58. The molecule has 1 aromatic heterocycles. The number of nitrogens with one attached hydrogen (secondary N) is 2. The van der Waals surface area contributed by atoms with Crippen molar-refractivity contribution in [1.29, 1.82) is 0 Å². The number of halogens is 1. The number of para-hydroxylation sites is 1. The fourth-order valence-electron chi connectivity index (χ4n) is 4.50. The molecule has 0 bridgehead atoms. The minimum absolute atomic E-state index is 0.0573. The molecule has 2 N–H and O–H groups in total. The van der Waals surface area contributed by atoms with E-state index in [4.69, 9.17) is 28.0 Å². The van der Waals surface area contributed by atoms with Gasteiger partial charge in [0.15, 0.2) is 24.3 Å². The summed E-state index contributed by atoms with van der Waals surface area (Å²) in [5, 5.41) is 2.81. The lowest BCUT2D eigenvalue weighted by atomic mass is 9.98. The molecule has 3 heterocycles. The van der Waals surface area contributed by atoms with Crippen molar-refractivity contribution < 1.29 is 41.7 Å². The van der Waals surface area contributed by atoms with E-state index in [1.54, 1.807) is 37.3 Å². The van der Waals surface area contributed by atoms with Crippen LogP contribution in [0.1, 0.15) is 46.8 Å². The smallest absolute Gasteiger partial charge is 0.456 e. The van der Waals surface area contributed by atoms with Crippen molar-refractivity contribution in [2.24, 2.45) is 0 Å². The van der Waals surface area contributed by atoms with Crippen LogP contribution in [0, 0.1) is 0 Å². The second kappa shape index (κ2) is 13.0. The number of hydrogen-bond acceptors (Lipinski definition) is 10. The van der Waals surface area contributed by atoms with Gasteiger partial charge in [-0.05, 0) is 32.4 Å². The molecule has 13 nitrogen and oxygen atoms in total. The first-order chi connectivity index (χ1) is 19.5. The summed E-state index contributed by atoms with van der Waals surface area (Å²) in [6, 6.07) is 8.64. The van der Waals surface area contributed by atoms with Gasteiger partial charge in [-0.1, -0.05) is 32.0 Å². The molecule has 2 saturated heterocycles. The molecular formula is C26H35FN3O10P. The zero-order valence-electron chi connectivity index (χ0n) is 23.2. The number of rotatable bonds is 12. The van der Waals surface area contributed by atoms with Crippen LogP contribution in [0.3, 0.4) is 0 Å². The highest BCUT2D eigenvalue weighted by Crippen LogP contribution is 2.48. The Labute approximate surface area is 235 Å². The molecule has 2 fully saturated rings. The van der Waals surface area contributed by atoms with E-state index in [1.165, 1.54) is 6.92 Å². The summed E-state index contributed by atoms with van der Waals surface area (Å²) >= 11 is 0. The molecular weight excluding hydrogens is 564 g/mol. The largest absolute Gasteiger partial charge is 0.459 e. The third-order valence-corrected chi connectivity index (χ3v) is 8.37. The van der Waals surface area contributed by atoms with Crippen LogP contribution in [0.4, 0.5) is 4.39 Å². The number of nitrogens with zero attached hydrogens (tertiary/aromatic N) is 1. The lowest BCUT2D eigenvalue weighted by molar-refractivity contribution is -0.157. The standard InChI is InChI=1S/C26H35FN3O10P/c1-5-17-14-35-23(37-17)16(3)29-41(34,40-18-10-8-7-9-11-18)36-15-19-22(39-21(32)6-2)26(4,27)24(38-19)30-13-12-20(31)28-25(30)33/h7-13,16-17,19,22-24H,5-6,14-15H2,1-4H3,(H,29,34)(H,28,31,33)/t16-,17?,19+,22+,23?,24+,26+,41?/m0/s1. The Kier molecular flexibility index (Phi) is 9.83. The molecule has 226 valence electrons. The molecule has 0 radical (unpaired) electrons. The number of hydrogen-bond donors (Lipinski definition) is 2. The molecule has 0 aliphatic carbocycles. The zero-order valence-corrected chi connectivity index (χ0v) is 24.1. The second-order valence-electron chi connectivity index (χ2n) is 9.94. The number of esters is 1. The number of aromatic nitrogens is 2. The van der Waals surface area contributed by atoms with E-state index in [1.807, 2.05) is 11.9 Å². The highest BCUT2D eigenvalue weighted by Gasteiger charge is 2.58. The Bertz CT molecular complexity index is 1350. The maximum Gasteiger partial charge on any atom is 0.459 e. The van der Waals surface area contributed by atoms with Crippen LogP contribution in [0.2, 0.25) is 0 Å².